The molecule has 1 saturated heterocycles. The van der Waals surface area contributed by atoms with Gasteiger partial charge in [-0.1, -0.05) is 0 Å². The number of hydrogen-bond donors (Lipinski definition) is 0. The number of carbonyl (C=O) groups excluding carboxylic acids is 1. The molecule has 0 bridgehead atoms. The lowest BCUT2D eigenvalue weighted by Gasteiger charge is -2.35. The first-order valence-corrected chi connectivity index (χ1v) is 7.38. The van der Waals surface area contributed by atoms with Gasteiger partial charge in [-0.05, 0) is 53.8 Å². The van der Waals surface area contributed by atoms with E-state index in [9.17, 15) is 4.79 Å². The van der Waals surface area contributed by atoms with Crippen molar-refractivity contribution in [3.63, 3.8) is 0 Å². The van der Waals surface area contributed by atoms with E-state index in [4.69, 9.17) is 5.26 Å². The Balaban J connectivity index is 1.96. The third kappa shape index (κ3) is 3.45. The SMILES string of the molecule is CC(C#N)N1CCN(C(=O)c2ccc(I)cc2)CC1. The highest BCUT2D eigenvalue weighted by Crippen LogP contribution is 2.12. The molecule has 1 unspecified atom stereocenters. The summed E-state index contributed by atoms with van der Waals surface area (Å²) in [6.45, 7) is 4.82. The quantitative estimate of drug-likeness (QED) is 0.749. The van der Waals surface area contributed by atoms with Gasteiger partial charge < -0.3 is 4.90 Å². The summed E-state index contributed by atoms with van der Waals surface area (Å²) in [4.78, 5) is 16.3. The fourth-order valence-corrected chi connectivity index (χ4v) is 2.53. The van der Waals surface area contributed by atoms with Gasteiger partial charge >= 0.3 is 0 Å². The third-order valence-electron chi connectivity index (χ3n) is 3.43. The lowest BCUT2D eigenvalue weighted by atomic mass is 10.1. The van der Waals surface area contributed by atoms with Crippen LogP contribution in [0.2, 0.25) is 0 Å². The maximum Gasteiger partial charge on any atom is 0.253 e. The Hall–Kier alpha value is -1.13. The smallest absolute Gasteiger partial charge is 0.253 e. The van der Waals surface area contributed by atoms with Crippen LogP contribution in [0.15, 0.2) is 24.3 Å². The lowest BCUT2D eigenvalue weighted by molar-refractivity contribution is 0.0615. The number of halogens is 1. The normalized spacial score (nSPS) is 17.8. The Kier molecular flexibility index (Phi) is 4.77. The molecule has 19 heavy (non-hydrogen) atoms. The largest absolute Gasteiger partial charge is 0.336 e. The fraction of sp³-hybridized carbons (Fsp3) is 0.429. The molecule has 0 spiro atoms. The number of hydrogen-bond acceptors (Lipinski definition) is 3. The van der Waals surface area contributed by atoms with E-state index >= 15 is 0 Å². The van der Waals surface area contributed by atoms with Gasteiger partial charge in [0, 0.05) is 35.3 Å². The monoisotopic (exact) mass is 369 g/mol. The molecule has 100 valence electrons. The first kappa shape index (κ1) is 14.3. The van der Waals surface area contributed by atoms with Crippen molar-refractivity contribution < 1.29 is 4.79 Å². The summed E-state index contributed by atoms with van der Waals surface area (Å²) in [5, 5.41) is 8.89. The van der Waals surface area contributed by atoms with Crippen molar-refractivity contribution >= 4 is 28.5 Å². The van der Waals surface area contributed by atoms with Crippen LogP contribution in [-0.4, -0.2) is 47.9 Å². The standard InChI is InChI=1S/C14H16IN3O/c1-11(10-16)17-6-8-18(9-7-17)14(19)12-2-4-13(15)5-3-12/h2-5,11H,6-9H2,1H3. The van der Waals surface area contributed by atoms with Crippen LogP contribution in [0.3, 0.4) is 0 Å². The molecule has 1 amide bonds. The van der Waals surface area contributed by atoms with Gasteiger partial charge in [0.15, 0.2) is 0 Å². The summed E-state index contributed by atoms with van der Waals surface area (Å²) in [5.74, 6) is 0.0839. The molecule has 1 heterocycles. The number of nitriles is 1. The van der Waals surface area contributed by atoms with Crippen LogP contribution in [0.25, 0.3) is 0 Å². The molecule has 0 radical (unpaired) electrons. The summed E-state index contributed by atoms with van der Waals surface area (Å²) in [6.07, 6.45) is 0. The van der Waals surface area contributed by atoms with Crippen LogP contribution in [0.4, 0.5) is 0 Å². The Morgan fingerprint density at radius 3 is 2.37 bits per heavy atom. The predicted octanol–water partition coefficient (Wildman–Crippen LogP) is 1.96. The van der Waals surface area contributed by atoms with E-state index in [2.05, 4.69) is 33.6 Å². The Morgan fingerprint density at radius 2 is 1.84 bits per heavy atom. The predicted molar refractivity (Wildman–Crippen MR) is 81.7 cm³/mol. The second-order valence-corrected chi connectivity index (χ2v) is 5.89. The molecule has 1 aliphatic heterocycles. The highest BCUT2D eigenvalue weighted by atomic mass is 127. The van der Waals surface area contributed by atoms with Gasteiger partial charge in [-0.15, -0.1) is 0 Å². The number of benzene rings is 1. The molecule has 0 N–H and O–H groups in total. The third-order valence-corrected chi connectivity index (χ3v) is 4.15. The molecule has 5 heteroatoms. The minimum absolute atomic E-state index is 0.0736. The average Bonchev–Trinajstić information content (AvgIpc) is 2.46. The maximum absolute atomic E-state index is 12.3. The Labute approximate surface area is 127 Å². The van der Waals surface area contributed by atoms with Crippen molar-refractivity contribution in [2.75, 3.05) is 26.2 Å². The molecule has 1 aromatic rings. The van der Waals surface area contributed by atoms with Crippen LogP contribution < -0.4 is 0 Å². The van der Waals surface area contributed by atoms with Gasteiger partial charge in [-0.25, -0.2) is 0 Å². The molecule has 0 aliphatic carbocycles. The van der Waals surface area contributed by atoms with Crippen LogP contribution in [0.5, 0.6) is 0 Å². The minimum Gasteiger partial charge on any atom is -0.336 e. The summed E-state index contributed by atoms with van der Waals surface area (Å²) in [7, 11) is 0. The van der Waals surface area contributed by atoms with Crippen molar-refractivity contribution in [3.8, 4) is 6.07 Å². The first-order chi connectivity index (χ1) is 9.11. The van der Waals surface area contributed by atoms with E-state index < -0.39 is 0 Å². The Bertz CT molecular complexity index is 486. The van der Waals surface area contributed by atoms with Crippen LogP contribution in [-0.2, 0) is 0 Å². The van der Waals surface area contributed by atoms with Gasteiger partial charge in [0.05, 0.1) is 12.1 Å². The van der Waals surface area contributed by atoms with Crippen molar-refractivity contribution in [2.24, 2.45) is 0 Å². The van der Waals surface area contributed by atoms with E-state index in [-0.39, 0.29) is 11.9 Å². The molecule has 0 aromatic heterocycles. The molecule has 0 saturated carbocycles. The topological polar surface area (TPSA) is 47.3 Å². The van der Waals surface area contributed by atoms with Gasteiger partial charge in [0.2, 0.25) is 0 Å². The summed E-state index contributed by atoms with van der Waals surface area (Å²) in [6, 6.07) is 9.80. The zero-order valence-corrected chi connectivity index (χ0v) is 13.0. The zero-order valence-electron chi connectivity index (χ0n) is 10.8. The molecule has 1 aliphatic rings. The van der Waals surface area contributed by atoms with E-state index in [0.29, 0.717) is 13.1 Å². The molecule has 2 rings (SSSR count). The molecule has 1 aromatic carbocycles. The number of carbonyl (C=O) groups is 1. The second kappa shape index (κ2) is 6.35. The maximum atomic E-state index is 12.3. The van der Waals surface area contributed by atoms with E-state index in [1.54, 1.807) is 0 Å². The summed E-state index contributed by atoms with van der Waals surface area (Å²) in [5.41, 5.74) is 0.738. The zero-order chi connectivity index (χ0) is 13.8. The molecule has 1 fully saturated rings. The second-order valence-electron chi connectivity index (χ2n) is 4.64. The van der Waals surface area contributed by atoms with Crippen LogP contribution in [0, 0.1) is 14.9 Å². The molecular formula is C14H16IN3O. The summed E-state index contributed by atoms with van der Waals surface area (Å²) < 4.78 is 1.13. The molecular weight excluding hydrogens is 353 g/mol. The lowest BCUT2D eigenvalue weighted by Crippen LogP contribution is -2.51. The Morgan fingerprint density at radius 1 is 1.26 bits per heavy atom. The highest BCUT2D eigenvalue weighted by molar-refractivity contribution is 14.1. The average molecular weight is 369 g/mol. The van der Waals surface area contributed by atoms with Gasteiger partial charge in [-0.2, -0.15) is 5.26 Å². The highest BCUT2D eigenvalue weighted by Gasteiger charge is 2.24. The van der Waals surface area contributed by atoms with Crippen molar-refractivity contribution in [3.05, 3.63) is 33.4 Å². The van der Waals surface area contributed by atoms with E-state index in [1.165, 1.54) is 0 Å². The van der Waals surface area contributed by atoms with Crippen molar-refractivity contribution in [1.82, 2.24) is 9.80 Å². The van der Waals surface area contributed by atoms with Gasteiger partial charge in [-0.3, -0.25) is 9.69 Å². The van der Waals surface area contributed by atoms with Crippen LogP contribution in [0.1, 0.15) is 17.3 Å². The number of rotatable bonds is 2. The number of piperazine rings is 1. The fourth-order valence-electron chi connectivity index (χ4n) is 2.17. The summed E-state index contributed by atoms with van der Waals surface area (Å²) >= 11 is 2.23. The van der Waals surface area contributed by atoms with Gasteiger partial charge in [0.1, 0.15) is 0 Å². The van der Waals surface area contributed by atoms with Gasteiger partial charge in [0.25, 0.3) is 5.91 Å². The first-order valence-electron chi connectivity index (χ1n) is 6.30. The minimum atomic E-state index is -0.0736. The van der Waals surface area contributed by atoms with Crippen molar-refractivity contribution in [2.45, 2.75) is 13.0 Å². The van der Waals surface area contributed by atoms with Crippen molar-refractivity contribution in [1.29, 1.82) is 5.26 Å². The molecule has 1 atom stereocenters. The molecule has 4 nitrogen and oxygen atoms in total. The van der Waals surface area contributed by atoms with Crippen LogP contribution >= 0.6 is 22.6 Å². The number of amides is 1. The van der Waals surface area contributed by atoms with E-state index in [1.807, 2.05) is 36.1 Å². The van der Waals surface area contributed by atoms with E-state index in [0.717, 1.165) is 22.2 Å². The number of nitrogens with zero attached hydrogens (tertiary/aromatic N) is 3.